The maximum atomic E-state index is 13.2. The molecule has 3 aromatic carbocycles. The van der Waals surface area contributed by atoms with Gasteiger partial charge in [-0.15, -0.1) is 0 Å². The van der Waals surface area contributed by atoms with Crippen LogP contribution in [0.25, 0.3) is 0 Å². The minimum Gasteiger partial charge on any atom is -0.494 e. The molecule has 4 aliphatic rings. The molecule has 0 saturated carbocycles. The van der Waals surface area contributed by atoms with E-state index in [0.29, 0.717) is 96.3 Å². The quantitative estimate of drug-likeness (QED) is 0.0695. The van der Waals surface area contributed by atoms with Gasteiger partial charge in [0.2, 0.25) is 23.7 Å². The predicted molar refractivity (Wildman–Crippen MR) is 246 cm³/mol. The van der Waals surface area contributed by atoms with Crippen molar-refractivity contribution in [2.45, 2.75) is 57.2 Å². The molecule has 3 saturated heterocycles. The molecular weight excluding hydrogens is 843 g/mol. The molecule has 3 fully saturated rings. The van der Waals surface area contributed by atoms with Gasteiger partial charge in [0.25, 0.3) is 5.91 Å². The summed E-state index contributed by atoms with van der Waals surface area (Å²) in [6, 6.07) is 18.8. The van der Waals surface area contributed by atoms with E-state index in [1.807, 2.05) is 53.4 Å². The van der Waals surface area contributed by atoms with Gasteiger partial charge in [0.1, 0.15) is 24.0 Å². The molecule has 5 heterocycles. The first-order valence-electron chi connectivity index (χ1n) is 21.5. The van der Waals surface area contributed by atoms with E-state index >= 15 is 0 Å². The molecule has 1 aromatic heterocycles. The van der Waals surface area contributed by atoms with Gasteiger partial charge < -0.3 is 40.0 Å². The molecule has 0 spiro atoms. The Hall–Kier alpha value is -5.70. The highest BCUT2D eigenvalue weighted by atomic mass is 35.5. The van der Waals surface area contributed by atoms with Crippen molar-refractivity contribution in [3.8, 4) is 5.75 Å². The number of fused-ring (bicyclic) bond motifs is 1. The van der Waals surface area contributed by atoms with E-state index in [4.69, 9.17) is 16.3 Å². The predicted octanol–water partition coefficient (Wildman–Crippen LogP) is 5.64. The van der Waals surface area contributed by atoms with Gasteiger partial charge in [0.05, 0.1) is 24.7 Å². The fraction of sp³-hybridized carbons (Fsp3) is 0.422. The summed E-state index contributed by atoms with van der Waals surface area (Å²) in [5.74, 6) is 0.589. The molecule has 0 aliphatic carbocycles. The third-order valence-electron chi connectivity index (χ3n) is 12.4. The van der Waals surface area contributed by atoms with Crippen LogP contribution in [-0.2, 0) is 25.5 Å². The number of para-hydroxylation sites is 1. The molecule has 4 aromatic rings. The van der Waals surface area contributed by atoms with Crippen LogP contribution in [0.5, 0.6) is 5.75 Å². The normalized spacial score (nSPS) is 18.6. The maximum absolute atomic E-state index is 13.2. The molecule has 1 atom stereocenters. The Morgan fingerprint density at radius 1 is 0.921 bits per heavy atom. The summed E-state index contributed by atoms with van der Waals surface area (Å²) in [5, 5.41) is 13.3. The fourth-order valence-electron chi connectivity index (χ4n) is 8.99. The van der Waals surface area contributed by atoms with Crippen molar-refractivity contribution >= 4 is 82.2 Å². The van der Waals surface area contributed by atoms with Crippen LogP contribution in [0.4, 0.5) is 34.5 Å². The topological polar surface area (TPSA) is 181 Å². The highest BCUT2D eigenvalue weighted by molar-refractivity contribution is 7.70. The van der Waals surface area contributed by atoms with E-state index in [1.165, 1.54) is 6.20 Å². The van der Waals surface area contributed by atoms with E-state index in [1.54, 1.807) is 31.4 Å². The summed E-state index contributed by atoms with van der Waals surface area (Å²) in [6.07, 6.45) is 5.18. The number of nitrogens with one attached hydrogen (secondary N) is 4. The van der Waals surface area contributed by atoms with Gasteiger partial charge >= 0.3 is 0 Å². The lowest BCUT2D eigenvalue weighted by atomic mass is 10.0. The summed E-state index contributed by atoms with van der Waals surface area (Å²) in [5.41, 5.74) is 4.68. The second-order valence-electron chi connectivity index (χ2n) is 16.8. The van der Waals surface area contributed by atoms with Crippen molar-refractivity contribution in [1.82, 2.24) is 30.0 Å². The largest absolute Gasteiger partial charge is 0.494 e. The number of amides is 4. The van der Waals surface area contributed by atoms with Gasteiger partial charge in [0, 0.05) is 105 Å². The van der Waals surface area contributed by atoms with E-state index in [-0.39, 0.29) is 24.1 Å². The molecule has 4 aliphatic heterocycles. The second kappa shape index (κ2) is 19.0. The number of piperidine rings is 2. The number of carbonyl (C=O) groups is 4. The average molecular weight is 897 g/mol. The lowest BCUT2D eigenvalue weighted by molar-refractivity contribution is -0.137. The fourth-order valence-corrected chi connectivity index (χ4v) is 10.3. The van der Waals surface area contributed by atoms with Crippen LogP contribution in [0.3, 0.4) is 0 Å². The van der Waals surface area contributed by atoms with Gasteiger partial charge in [-0.3, -0.25) is 29.4 Å². The summed E-state index contributed by atoms with van der Waals surface area (Å²) in [7, 11) is -0.920. The zero-order valence-corrected chi connectivity index (χ0v) is 37.5. The molecule has 0 radical (unpaired) electrons. The van der Waals surface area contributed by atoms with Crippen LogP contribution in [0.2, 0.25) is 5.02 Å². The van der Waals surface area contributed by atoms with Crippen LogP contribution in [-0.4, -0.2) is 127 Å². The minimum atomic E-state index is -2.56. The van der Waals surface area contributed by atoms with Gasteiger partial charge in [-0.05, 0) is 75.4 Å². The van der Waals surface area contributed by atoms with Crippen molar-refractivity contribution in [2.75, 3.05) is 87.1 Å². The molecule has 4 amide bonds. The third kappa shape index (κ3) is 9.93. The van der Waals surface area contributed by atoms with Crippen LogP contribution in [0.15, 0.2) is 66.9 Å². The summed E-state index contributed by atoms with van der Waals surface area (Å²) in [4.78, 5) is 68.0. The van der Waals surface area contributed by atoms with E-state index in [9.17, 15) is 23.7 Å². The van der Waals surface area contributed by atoms with Crippen molar-refractivity contribution in [3.05, 3.63) is 83.0 Å². The average Bonchev–Trinajstić information content (AvgIpc) is 3.62. The van der Waals surface area contributed by atoms with Crippen molar-refractivity contribution in [3.63, 3.8) is 0 Å². The first-order chi connectivity index (χ1) is 30.4. The molecule has 18 heteroatoms. The number of methoxy groups -OCH3 is 1. The molecule has 4 N–H and O–H groups in total. The monoisotopic (exact) mass is 896 g/mol. The van der Waals surface area contributed by atoms with Crippen molar-refractivity contribution < 1.29 is 28.5 Å². The number of piperazine rings is 1. The van der Waals surface area contributed by atoms with Crippen LogP contribution in [0, 0.1) is 0 Å². The Labute approximate surface area is 372 Å². The number of halogens is 1. The summed E-state index contributed by atoms with van der Waals surface area (Å²) in [6.45, 7) is 9.27. The highest BCUT2D eigenvalue weighted by Crippen LogP contribution is 2.39. The Morgan fingerprint density at radius 3 is 2.43 bits per heavy atom. The standard InChI is InChI=1S/C45H54ClN10O6P/c1-62-38-26-30(13-14-35(38)50-45-48-27-33(46)42(52-45)49-36-9-4-5-11-39(36)63(2,3)61)53-20-17-29(18-21-53)54-22-24-55(25-23-54)41(58)12-7-19-47-34-10-6-8-31-32(34)28-56(44(31)60)37-15-16-40(57)51-43(37)59/h4-6,8-11,13-14,26-27,29,37,47H,7,12,15-25,28H2,1-3H3,(H,51,57,59)(H2,48,49,50,52). The van der Waals surface area contributed by atoms with Crippen LogP contribution >= 0.6 is 18.7 Å². The van der Waals surface area contributed by atoms with Crippen LogP contribution in [0.1, 0.15) is 54.4 Å². The maximum Gasteiger partial charge on any atom is 0.255 e. The molecule has 8 rings (SSSR count). The number of ether oxygens (including phenoxy) is 1. The summed E-state index contributed by atoms with van der Waals surface area (Å²) >= 11 is 6.48. The molecule has 1 unspecified atom stereocenters. The highest BCUT2D eigenvalue weighted by Gasteiger charge is 2.40. The van der Waals surface area contributed by atoms with E-state index < -0.39 is 19.1 Å². The van der Waals surface area contributed by atoms with Gasteiger partial charge in [0.15, 0.2) is 5.82 Å². The zero-order valence-electron chi connectivity index (χ0n) is 35.9. The first-order valence-corrected chi connectivity index (χ1v) is 24.5. The lowest BCUT2D eigenvalue weighted by Gasteiger charge is -2.43. The Kier molecular flexibility index (Phi) is 13.2. The summed E-state index contributed by atoms with van der Waals surface area (Å²) < 4.78 is 18.7. The van der Waals surface area contributed by atoms with Crippen LogP contribution < -0.4 is 36.2 Å². The van der Waals surface area contributed by atoms with E-state index in [2.05, 4.69) is 47.1 Å². The zero-order chi connectivity index (χ0) is 44.3. The minimum absolute atomic E-state index is 0.155. The molecule has 63 heavy (non-hydrogen) atoms. The van der Waals surface area contributed by atoms with Gasteiger partial charge in [-0.2, -0.15) is 4.98 Å². The number of benzene rings is 3. The second-order valence-corrected chi connectivity index (χ2v) is 20.4. The first kappa shape index (κ1) is 43.9. The number of hydrogen-bond donors (Lipinski definition) is 4. The lowest BCUT2D eigenvalue weighted by Crippen LogP contribution is -2.54. The number of carbonyl (C=O) groups excluding carboxylic acids is 4. The Morgan fingerprint density at radius 2 is 1.68 bits per heavy atom. The van der Waals surface area contributed by atoms with Crippen molar-refractivity contribution in [1.29, 1.82) is 0 Å². The number of aromatic nitrogens is 2. The van der Waals surface area contributed by atoms with E-state index in [0.717, 1.165) is 56.0 Å². The molecular formula is C45H54ClN10O6P. The Bertz CT molecular complexity index is 2430. The number of anilines is 6. The molecule has 332 valence electrons. The smallest absolute Gasteiger partial charge is 0.255 e. The SMILES string of the molecule is COc1cc(N2CCC(N3CCN(C(=O)CCCNc4cccc5c4CN(C4CCC(=O)NC4=O)C5=O)CC3)CC2)ccc1Nc1ncc(Cl)c(Nc2ccccc2P(C)(C)=O)n1. The number of nitrogens with zero attached hydrogens (tertiary/aromatic N) is 6. The van der Waals surface area contributed by atoms with Gasteiger partial charge in [-0.25, -0.2) is 4.98 Å². The Balaban J connectivity index is 0.776. The molecule has 16 nitrogen and oxygen atoms in total. The number of rotatable bonds is 14. The van der Waals surface area contributed by atoms with Gasteiger partial charge in [-0.1, -0.05) is 29.8 Å². The molecule has 0 bridgehead atoms. The number of hydrogen-bond acceptors (Lipinski definition) is 13. The van der Waals surface area contributed by atoms with Crippen molar-refractivity contribution in [2.24, 2.45) is 0 Å². The number of imide groups is 1. The third-order valence-corrected chi connectivity index (χ3v) is 14.2.